The molecule has 1 heterocycles. The zero-order valence-corrected chi connectivity index (χ0v) is 7.25. The highest BCUT2D eigenvalue weighted by molar-refractivity contribution is 5.80. The number of nitrogens with one attached hydrogen (secondary N) is 1. The fraction of sp³-hybridized carbons (Fsp3) is 0.889. The molecule has 3 N–H and O–H groups in total. The lowest BCUT2D eigenvalue weighted by molar-refractivity contribution is -0.119. The molecule has 2 fully saturated rings. The third-order valence-corrected chi connectivity index (χ3v) is 3.21. The maximum absolute atomic E-state index is 10.9. The van der Waals surface area contributed by atoms with Crippen LogP contribution in [-0.2, 0) is 4.79 Å². The Morgan fingerprint density at radius 3 is 2.75 bits per heavy atom. The van der Waals surface area contributed by atoms with Crippen molar-refractivity contribution in [2.45, 2.75) is 44.2 Å². The SMILES string of the molecule is NC(=O)[C@@H]1CC2CCCCC2N1. The van der Waals surface area contributed by atoms with Crippen molar-refractivity contribution < 1.29 is 4.79 Å². The first-order valence-electron chi connectivity index (χ1n) is 4.83. The fourth-order valence-electron chi connectivity index (χ4n) is 2.54. The van der Waals surface area contributed by atoms with Gasteiger partial charge in [0.25, 0.3) is 0 Å². The first-order chi connectivity index (χ1) is 5.77. The zero-order chi connectivity index (χ0) is 8.55. The summed E-state index contributed by atoms with van der Waals surface area (Å²) >= 11 is 0. The molecule has 1 aliphatic heterocycles. The maximum Gasteiger partial charge on any atom is 0.234 e. The van der Waals surface area contributed by atoms with Gasteiger partial charge in [-0.1, -0.05) is 12.8 Å². The summed E-state index contributed by atoms with van der Waals surface area (Å²) < 4.78 is 0. The summed E-state index contributed by atoms with van der Waals surface area (Å²) in [7, 11) is 0. The Kier molecular flexibility index (Phi) is 2.05. The average Bonchev–Trinajstić information content (AvgIpc) is 2.46. The third-order valence-electron chi connectivity index (χ3n) is 3.21. The van der Waals surface area contributed by atoms with E-state index in [9.17, 15) is 4.79 Å². The Hall–Kier alpha value is -0.570. The zero-order valence-electron chi connectivity index (χ0n) is 7.25. The number of nitrogens with two attached hydrogens (primary N) is 1. The van der Waals surface area contributed by atoms with Gasteiger partial charge in [-0.2, -0.15) is 0 Å². The minimum atomic E-state index is -0.176. The van der Waals surface area contributed by atoms with Gasteiger partial charge in [0.15, 0.2) is 0 Å². The van der Waals surface area contributed by atoms with E-state index < -0.39 is 0 Å². The predicted octanol–water partition coefficient (Wildman–Crippen LogP) is 0.392. The normalized spacial score (nSPS) is 40.8. The lowest BCUT2D eigenvalue weighted by atomic mass is 9.85. The van der Waals surface area contributed by atoms with Gasteiger partial charge in [-0.15, -0.1) is 0 Å². The van der Waals surface area contributed by atoms with E-state index in [0.717, 1.165) is 12.3 Å². The van der Waals surface area contributed by atoms with Crippen molar-refractivity contribution in [2.75, 3.05) is 0 Å². The molecule has 1 amide bonds. The van der Waals surface area contributed by atoms with Crippen molar-refractivity contribution in [2.24, 2.45) is 11.7 Å². The van der Waals surface area contributed by atoms with Crippen LogP contribution >= 0.6 is 0 Å². The molecule has 1 aliphatic carbocycles. The van der Waals surface area contributed by atoms with E-state index in [1.807, 2.05) is 0 Å². The van der Waals surface area contributed by atoms with Crippen LogP contribution in [0.15, 0.2) is 0 Å². The highest BCUT2D eigenvalue weighted by atomic mass is 16.1. The molecule has 1 saturated carbocycles. The molecule has 68 valence electrons. The number of rotatable bonds is 1. The summed E-state index contributed by atoms with van der Waals surface area (Å²) in [6, 6.07) is 0.536. The molecule has 0 aromatic rings. The minimum Gasteiger partial charge on any atom is -0.368 e. The van der Waals surface area contributed by atoms with Crippen molar-refractivity contribution >= 4 is 5.91 Å². The van der Waals surface area contributed by atoms with Crippen LogP contribution in [0.25, 0.3) is 0 Å². The number of carbonyl (C=O) groups is 1. The summed E-state index contributed by atoms with van der Waals surface area (Å²) in [6.07, 6.45) is 6.11. The lowest BCUT2D eigenvalue weighted by Gasteiger charge is -2.24. The van der Waals surface area contributed by atoms with Crippen molar-refractivity contribution in [3.05, 3.63) is 0 Å². The predicted molar refractivity (Wildman–Crippen MR) is 46.5 cm³/mol. The molecular weight excluding hydrogens is 152 g/mol. The maximum atomic E-state index is 10.9. The topological polar surface area (TPSA) is 55.1 Å². The van der Waals surface area contributed by atoms with Crippen molar-refractivity contribution in [1.29, 1.82) is 0 Å². The number of hydrogen-bond acceptors (Lipinski definition) is 2. The van der Waals surface area contributed by atoms with Gasteiger partial charge >= 0.3 is 0 Å². The largest absolute Gasteiger partial charge is 0.368 e. The number of carbonyl (C=O) groups excluding carboxylic acids is 1. The van der Waals surface area contributed by atoms with Gasteiger partial charge in [-0.05, 0) is 25.2 Å². The quantitative estimate of drug-likeness (QED) is 0.595. The summed E-state index contributed by atoms with van der Waals surface area (Å²) in [4.78, 5) is 10.9. The second-order valence-corrected chi connectivity index (χ2v) is 4.01. The Balaban J connectivity index is 1.98. The molecule has 0 aromatic heterocycles. The van der Waals surface area contributed by atoms with Crippen molar-refractivity contribution in [3.8, 4) is 0 Å². The Labute approximate surface area is 72.7 Å². The van der Waals surface area contributed by atoms with Gasteiger partial charge in [0.05, 0.1) is 6.04 Å². The Morgan fingerprint density at radius 2 is 2.08 bits per heavy atom. The van der Waals surface area contributed by atoms with Crippen LogP contribution < -0.4 is 11.1 Å². The second-order valence-electron chi connectivity index (χ2n) is 4.01. The van der Waals surface area contributed by atoms with E-state index in [2.05, 4.69) is 5.32 Å². The standard InChI is InChI=1S/C9H16N2O/c10-9(12)8-5-6-3-1-2-4-7(6)11-8/h6-8,11H,1-5H2,(H2,10,12)/t6?,7?,8-/m0/s1. The van der Waals surface area contributed by atoms with Crippen molar-refractivity contribution in [3.63, 3.8) is 0 Å². The molecular formula is C9H16N2O. The molecule has 3 heteroatoms. The first-order valence-corrected chi connectivity index (χ1v) is 4.83. The average molecular weight is 168 g/mol. The molecule has 0 spiro atoms. The van der Waals surface area contributed by atoms with E-state index >= 15 is 0 Å². The molecule has 0 bridgehead atoms. The van der Waals surface area contributed by atoms with Crippen LogP contribution in [0.2, 0.25) is 0 Å². The van der Waals surface area contributed by atoms with E-state index in [0.29, 0.717) is 6.04 Å². The highest BCUT2D eigenvalue weighted by Gasteiger charge is 2.37. The molecule has 3 nitrogen and oxygen atoms in total. The number of primary amides is 1. The van der Waals surface area contributed by atoms with Crippen LogP contribution in [0.3, 0.4) is 0 Å². The van der Waals surface area contributed by atoms with Crippen LogP contribution in [0.4, 0.5) is 0 Å². The minimum absolute atomic E-state index is 0.0434. The van der Waals surface area contributed by atoms with Crippen LogP contribution in [0.1, 0.15) is 32.1 Å². The lowest BCUT2D eigenvalue weighted by Crippen LogP contribution is -2.40. The molecule has 3 atom stereocenters. The molecule has 2 unspecified atom stereocenters. The monoisotopic (exact) mass is 168 g/mol. The Bertz CT molecular complexity index is 179. The molecule has 12 heavy (non-hydrogen) atoms. The number of hydrogen-bond donors (Lipinski definition) is 2. The van der Waals surface area contributed by atoms with Gasteiger partial charge in [0, 0.05) is 6.04 Å². The molecule has 2 rings (SSSR count). The summed E-state index contributed by atoms with van der Waals surface area (Å²) in [5.74, 6) is 0.542. The first kappa shape index (κ1) is 8.05. The van der Waals surface area contributed by atoms with Crippen molar-refractivity contribution in [1.82, 2.24) is 5.32 Å². The fourth-order valence-corrected chi connectivity index (χ4v) is 2.54. The van der Waals surface area contributed by atoms with E-state index in [1.54, 1.807) is 0 Å². The molecule has 0 radical (unpaired) electrons. The summed E-state index contributed by atoms with van der Waals surface area (Å²) in [5.41, 5.74) is 5.25. The van der Waals surface area contributed by atoms with Crippen LogP contribution in [0, 0.1) is 5.92 Å². The molecule has 0 aromatic carbocycles. The van der Waals surface area contributed by atoms with Gasteiger partial charge in [0.1, 0.15) is 0 Å². The Morgan fingerprint density at radius 1 is 1.33 bits per heavy atom. The number of fused-ring (bicyclic) bond motifs is 1. The van der Waals surface area contributed by atoms with Crippen LogP contribution in [0.5, 0.6) is 0 Å². The van der Waals surface area contributed by atoms with Gasteiger partial charge in [-0.25, -0.2) is 0 Å². The van der Waals surface area contributed by atoms with Gasteiger partial charge in [0.2, 0.25) is 5.91 Å². The summed E-state index contributed by atoms with van der Waals surface area (Å²) in [6.45, 7) is 0. The van der Waals surface area contributed by atoms with Gasteiger partial charge < -0.3 is 11.1 Å². The van der Waals surface area contributed by atoms with E-state index in [-0.39, 0.29) is 11.9 Å². The highest BCUT2D eigenvalue weighted by Crippen LogP contribution is 2.32. The smallest absolute Gasteiger partial charge is 0.234 e. The van der Waals surface area contributed by atoms with Gasteiger partial charge in [-0.3, -0.25) is 4.79 Å². The third kappa shape index (κ3) is 1.33. The van der Waals surface area contributed by atoms with E-state index in [1.165, 1.54) is 25.7 Å². The van der Waals surface area contributed by atoms with Crippen LogP contribution in [-0.4, -0.2) is 18.0 Å². The second kappa shape index (κ2) is 3.05. The molecule has 1 saturated heterocycles. The summed E-state index contributed by atoms with van der Waals surface area (Å²) in [5, 5.41) is 3.32. The van der Waals surface area contributed by atoms with E-state index in [4.69, 9.17) is 5.73 Å². The number of amides is 1. The molecule has 2 aliphatic rings.